The van der Waals surface area contributed by atoms with Crippen LogP contribution in [0.3, 0.4) is 0 Å². The average molecular weight is 344 g/mol. The van der Waals surface area contributed by atoms with Crippen LogP contribution in [0, 0.1) is 5.41 Å². The number of hydrogen-bond donors (Lipinski definition) is 2. The van der Waals surface area contributed by atoms with Crippen LogP contribution in [0.15, 0.2) is 36.4 Å². The van der Waals surface area contributed by atoms with E-state index in [-0.39, 0.29) is 5.41 Å². The third-order valence-corrected chi connectivity index (χ3v) is 4.47. The zero-order chi connectivity index (χ0) is 17.3. The summed E-state index contributed by atoms with van der Waals surface area (Å²) in [5.41, 5.74) is 8.67. The molecule has 24 heavy (non-hydrogen) atoms. The predicted octanol–water partition coefficient (Wildman–Crippen LogP) is 4.45. The Bertz CT molecular complexity index is 893. The van der Waals surface area contributed by atoms with Gasteiger partial charge in [-0.05, 0) is 48.4 Å². The van der Waals surface area contributed by atoms with Gasteiger partial charge in [0.25, 0.3) is 0 Å². The molecule has 4 nitrogen and oxygen atoms in total. The van der Waals surface area contributed by atoms with Crippen molar-refractivity contribution in [2.45, 2.75) is 13.8 Å². The highest BCUT2D eigenvalue weighted by Crippen LogP contribution is 2.34. The lowest BCUT2D eigenvalue weighted by Crippen LogP contribution is -2.31. The van der Waals surface area contributed by atoms with Gasteiger partial charge in [-0.25, -0.2) is 4.98 Å². The highest BCUT2D eigenvalue weighted by Gasteiger charge is 2.17. The molecule has 0 saturated carbocycles. The van der Waals surface area contributed by atoms with Crippen molar-refractivity contribution in [2.75, 3.05) is 25.5 Å². The Morgan fingerprint density at radius 3 is 2.62 bits per heavy atom. The maximum atomic E-state index is 6.15. The summed E-state index contributed by atoms with van der Waals surface area (Å²) in [6.45, 7) is 5.65. The third-order valence-electron chi connectivity index (χ3n) is 4.24. The number of pyridine rings is 1. The van der Waals surface area contributed by atoms with Crippen LogP contribution in [-0.4, -0.2) is 25.2 Å². The number of nitrogens with zero attached hydrogens (tertiary/aromatic N) is 1. The molecule has 0 saturated heterocycles. The number of nitrogens with two attached hydrogens (primary N) is 1. The molecule has 2 aromatic carbocycles. The fourth-order valence-electron chi connectivity index (χ4n) is 2.61. The molecule has 1 aromatic heterocycles. The fraction of sp³-hybridized carbons (Fsp3) is 0.316. The van der Waals surface area contributed by atoms with Crippen LogP contribution in [0.1, 0.15) is 13.8 Å². The first-order chi connectivity index (χ1) is 11.4. The molecule has 0 bridgehead atoms. The topological polar surface area (TPSA) is 60.2 Å². The summed E-state index contributed by atoms with van der Waals surface area (Å²) in [5.74, 6) is 0.804. The van der Waals surface area contributed by atoms with Crippen LogP contribution in [-0.2, 0) is 0 Å². The van der Waals surface area contributed by atoms with Crippen LogP contribution in [0.4, 0.5) is 5.69 Å². The number of rotatable bonds is 5. The number of fused-ring (bicyclic) bond motifs is 2. The van der Waals surface area contributed by atoms with E-state index in [9.17, 15) is 0 Å². The van der Waals surface area contributed by atoms with Crippen LogP contribution < -0.4 is 15.8 Å². The van der Waals surface area contributed by atoms with Gasteiger partial charge in [-0.1, -0.05) is 25.4 Å². The van der Waals surface area contributed by atoms with Crippen LogP contribution in [0.25, 0.3) is 21.8 Å². The van der Waals surface area contributed by atoms with Crippen molar-refractivity contribution in [3.05, 3.63) is 41.4 Å². The van der Waals surface area contributed by atoms with Gasteiger partial charge in [-0.3, -0.25) is 0 Å². The maximum Gasteiger partial charge on any atom is 0.119 e. The van der Waals surface area contributed by atoms with Gasteiger partial charge in [0.05, 0.1) is 23.8 Å². The molecule has 0 unspecified atom stereocenters. The molecule has 126 valence electrons. The van der Waals surface area contributed by atoms with E-state index in [0.717, 1.165) is 39.8 Å². The zero-order valence-corrected chi connectivity index (χ0v) is 14.9. The highest BCUT2D eigenvalue weighted by atomic mass is 35.5. The minimum atomic E-state index is -0.00674. The van der Waals surface area contributed by atoms with Crippen LogP contribution in [0.5, 0.6) is 5.75 Å². The summed E-state index contributed by atoms with van der Waals surface area (Å²) in [6.07, 6.45) is 0. The van der Waals surface area contributed by atoms with Crippen LogP contribution in [0.2, 0.25) is 5.02 Å². The second kappa shape index (κ2) is 6.46. The Labute approximate surface area is 147 Å². The van der Waals surface area contributed by atoms with Crippen molar-refractivity contribution in [1.29, 1.82) is 0 Å². The quantitative estimate of drug-likeness (QED) is 0.672. The molecular formula is C19H22ClN3O. The lowest BCUT2D eigenvalue weighted by atomic mass is 9.93. The molecule has 1 heterocycles. The fourth-order valence-corrected chi connectivity index (χ4v) is 2.78. The second-order valence-corrected chi connectivity index (χ2v) is 7.19. The molecule has 0 atom stereocenters. The third kappa shape index (κ3) is 3.25. The van der Waals surface area contributed by atoms with Gasteiger partial charge in [-0.15, -0.1) is 0 Å². The maximum absolute atomic E-state index is 6.15. The number of nitrogens with one attached hydrogen (secondary N) is 1. The molecule has 0 aliphatic heterocycles. The largest absolute Gasteiger partial charge is 0.497 e. The number of benzene rings is 2. The van der Waals surface area contributed by atoms with Gasteiger partial charge in [0.15, 0.2) is 0 Å². The molecule has 0 amide bonds. The number of methoxy groups -OCH3 is 1. The molecule has 0 aliphatic carbocycles. The molecular weight excluding hydrogens is 322 g/mol. The number of anilines is 1. The molecule has 0 fully saturated rings. The van der Waals surface area contributed by atoms with Gasteiger partial charge < -0.3 is 15.8 Å². The summed E-state index contributed by atoms with van der Waals surface area (Å²) in [7, 11) is 1.67. The first-order valence-corrected chi connectivity index (χ1v) is 8.32. The van der Waals surface area contributed by atoms with Gasteiger partial charge in [0, 0.05) is 22.3 Å². The second-order valence-electron chi connectivity index (χ2n) is 6.75. The monoisotopic (exact) mass is 343 g/mol. The molecule has 3 aromatic rings. The SMILES string of the molecule is COc1ccc2nc3cc(Cl)ccc3c(NCC(C)(C)CN)c2c1. The van der Waals surface area contributed by atoms with E-state index in [1.54, 1.807) is 7.11 Å². The first kappa shape index (κ1) is 16.8. The van der Waals surface area contributed by atoms with E-state index in [2.05, 4.69) is 19.2 Å². The molecule has 5 heteroatoms. The summed E-state index contributed by atoms with van der Waals surface area (Å²) >= 11 is 6.15. The predicted molar refractivity (Wildman–Crippen MR) is 102 cm³/mol. The Morgan fingerprint density at radius 2 is 1.92 bits per heavy atom. The first-order valence-electron chi connectivity index (χ1n) is 7.94. The van der Waals surface area contributed by atoms with Crippen molar-refractivity contribution in [1.82, 2.24) is 4.98 Å². The Balaban J connectivity index is 2.22. The standard InChI is InChI=1S/C19H22ClN3O/c1-19(2,10-21)11-22-18-14-6-4-12(20)8-17(14)23-16-7-5-13(24-3)9-15(16)18/h4-9H,10-11,21H2,1-3H3,(H,22,23). The van der Waals surface area contributed by atoms with E-state index in [1.807, 2.05) is 36.4 Å². The van der Waals surface area contributed by atoms with Crippen molar-refractivity contribution >= 4 is 39.1 Å². The van der Waals surface area contributed by atoms with Crippen molar-refractivity contribution in [3.8, 4) is 5.75 Å². The number of hydrogen-bond acceptors (Lipinski definition) is 4. The minimum Gasteiger partial charge on any atom is -0.497 e. The van der Waals surface area contributed by atoms with E-state index < -0.39 is 0 Å². The molecule has 0 spiro atoms. The Hall–Kier alpha value is -2.04. The Morgan fingerprint density at radius 1 is 1.12 bits per heavy atom. The van der Waals surface area contributed by atoms with E-state index in [0.29, 0.717) is 11.6 Å². The van der Waals surface area contributed by atoms with E-state index in [4.69, 9.17) is 27.1 Å². The van der Waals surface area contributed by atoms with E-state index in [1.165, 1.54) is 0 Å². The van der Waals surface area contributed by atoms with Gasteiger partial charge in [-0.2, -0.15) is 0 Å². The summed E-state index contributed by atoms with van der Waals surface area (Å²) < 4.78 is 5.38. The Kier molecular flexibility index (Phi) is 4.52. The normalized spacial score (nSPS) is 11.9. The van der Waals surface area contributed by atoms with E-state index >= 15 is 0 Å². The van der Waals surface area contributed by atoms with Crippen molar-refractivity contribution in [2.24, 2.45) is 11.1 Å². The minimum absolute atomic E-state index is 0.00674. The molecule has 3 N–H and O–H groups in total. The van der Waals surface area contributed by atoms with Gasteiger partial charge in [0.1, 0.15) is 5.75 Å². The number of halogens is 1. The highest BCUT2D eigenvalue weighted by molar-refractivity contribution is 6.31. The summed E-state index contributed by atoms with van der Waals surface area (Å²) in [5, 5.41) is 6.31. The molecule has 0 aliphatic rings. The average Bonchev–Trinajstić information content (AvgIpc) is 2.58. The van der Waals surface area contributed by atoms with Gasteiger partial charge in [0.2, 0.25) is 0 Å². The molecule has 3 rings (SSSR count). The van der Waals surface area contributed by atoms with Crippen LogP contribution >= 0.6 is 11.6 Å². The summed E-state index contributed by atoms with van der Waals surface area (Å²) in [6, 6.07) is 11.7. The number of ether oxygens (including phenoxy) is 1. The molecule has 0 radical (unpaired) electrons. The number of aromatic nitrogens is 1. The lowest BCUT2D eigenvalue weighted by molar-refractivity contribution is 0.406. The van der Waals surface area contributed by atoms with Crippen molar-refractivity contribution < 1.29 is 4.74 Å². The van der Waals surface area contributed by atoms with Crippen molar-refractivity contribution in [3.63, 3.8) is 0 Å². The smallest absolute Gasteiger partial charge is 0.119 e. The lowest BCUT2D eigenvalue weighted by Gasteiger charge is -2.24. The summed E-state index contributed by atoms with van der Waals surface area (Å²) in [4.78, 5) is 4.73. The van der Waals surface area contributed by atoms with Gasteiger partial charge >= 0.3 is 0 Å². The zero-order valence-electron chi connectivity index (χ0n) is 14.2.